The van der Waals surface area contributed by atoms with Crippen LogP contribution in [-0.2, 0) is 14.8 Å². The first-order chi connectivity index (χ1) is 14.3. The van der Waals surface area contributed by atoms with E-state index in [2.05, 4.69) is 11.4 Å². The van der Waals surface area contributed by atoms with Crippen molar-refractivity contribution in [3.05, 3.63) is 59.7 Å². The fraction of sp³-hybridized carbons (Fsp3) is 0.409. The monoisotopic (exact) mass is 446 g/mol. The molecule has 30 heavy (non-hydrogen) atoms. The van der Waals surface area contributed by atoms with Crippen LogP contribution < -0.4 is 5.32 Å². The van der Waals surface area contributed by atoms with Crippen LogP contribution in [0.1, 0.15) is 42.2 Å². The molecule has 160 valence electrons. The highest BCUT2D eigenvalue weighted by Gasteiger charge is 2.32. The standard InChI is InChI=1S/C22H26N2O4S2/c1-15-13-24(14-16(2)28-15)30(26,27)18-7-5-6-17(12-18)22(25)23-20-10-11-29-21-9-4-3-8-19(20)21/h3-9,12,15-16,20H,10-11,13-14H2,1-2H3,(H,23,25). The number of fused-ring (bicyclic) bond motifs is 1. The van der Waals surface area contributed by atoms with Gasteiger partial charge in [-0.3, -0.25) is 4.79 Å². The normalized spacial score (nSPS) is 24.8. The van der Waals surface area contributed by atoms with Gasteiger partial charge in [-0.05, 0) is 50.1 Å². The number of sulfonamides is 1. The van der Waals surface area contributed by atoms with E-state index in [0.29, 0.717) is 18.7 Å². The molecule has 2 aliphatic rings. The third-order valence-corrected chi connectivity index (χ3v) is 8.33. The number of amides is 1. The van der Waals surface area contributed by atoms with E-state index in [1.165, 1.54) is 15.3 Å². The Morgan fingerprint density at radius 3 is 2.60 bits per heavy atom. The van der Waals surface area contributed by atoms with Crippen LogP contribution in [0.25, 0.3) is 0 Å². The number of benzene rings is 2. The molecule has 0 bridgehead atoms. The van der Waals surface area contributed by atoms with Crippen molar-refractivity contribution in [3.8, 4) is 0 Å². The Kier molecular flexibility index (Phi) is 6.20. The van der Waals surface area contributed by atoms with E-state index in [-0.39, 0.29) is 29.1 Å². The van der Waals surface area contributed by atoms with Crippen molar-refractivity contribution in [1.82, 2.24) is 9.62 Å². The molecule has 2 aromatic carbocycles. The second-order valence-corrected chi connectivity index (χ2v) is 10.9. The van der Waals surface area contributed by atoms with Gasteiger partial charge in [0, 0.05) is 29.3 Å². The summed E-state index contributed by atoms with van der Waals surface area (Å²) >= 11 is 1.79. The van der Waals surface area contributed by atoms with E-state index in [0.717, 1.165) is 17.7 Å². The first-order valence-electron chi connectivity index (χ1n) is 10.1. The van der Waals surface area contributed by atoms with Gasteiger partial charge in [0.05, 0.1) is 23.1 Å². The fourth-order valence-electron chi connectivity index (χ4n) is 4.01. The summed E-state index contributed by atoms with van der Waals surface area (Å²) in [6.45, 7) is 4.34. The maximum absolute atomic E-state index is 13.1. The van der Waals surface area contributed by atoms with Gasteiger partial charge >= 0.3 is 0 Å². The van der Waals surface area contributed by atoms with Crippen molar-refractivity contribution in [2.75, 3.05) is 18.8 Å². The largest absolute Gasteiger partial charge is 0.373 e. The van der Waals surface area contributed by atoms with Gasteiger partial charge in [0.25, 0.3) is 5.91 Å². The molecular weight excluding hydrogens is 420 g/mol. The Morgan fingerprint density at radius 1 is 1.10 bits per heavy atom. The summed E-state index contributed by atoms with van der Waals surface area (Å²) in [4.78, 5) is 14.3. The summed E-state index contributed by atoms with van der Waals surface area (Å²) in [6.07, 6.45) is 0.507. The van der Waals surface area contributed by atoms with E-state index in [4.69, 9.17) is 4.74 Å². The molecule has 0 saturated carbocycles. The highest BCUT2D eigenvalue weighted by molar-refractivity contribution is 7.99. The average Bonchev–Trinajstić information content (AvgIpc) is 2.73. The Balaban J connectivity index is 1.54. The number of nitrogens with zero attached hydrogens (tertiary/aromatic N) is 1. The van der Waals surface area contributed by atoms with Gasteiger partial charge < -0.3 is 10.1 Å². The molecule has 1 saturated heterocycles. The lowest BCUT2D eigenvalue weighted by molar-refractivity contribution is -0.0440. The van der Waals surface area contributed by atoms with Gasteiger partial charge in [-0.15, -0.1) is 11.8 Å². The van der Waals surface area contributed by atoms with Crippen molar-refractivity contribution in [2.45, 2.75) is 48.3 Å². The van der Waals surface area contributed by atoms with E-state index < -0.39 is 10.0 Å². The second kappa shape index (κ2) is 8.70. The summed E-state index contributed by atoms with van der Waals surface area (Å²) < 4.78 is 33.4. The first-order valence-corrected chi connectivity index (χ1v) is 12.6. The van der Waals surface area contributed by atoms with Gasteiger partial charge in [0.2, 0.25) is 10.0 Å². The molecule has 8 heteroatoms. The van der Waals surface area contributed by atoms with E-state index >= 15 is 0 Å². The minimum absolute atomic E-state index is 0.0730. The molecule has 0 spiro atoms. The molecule has 2 heterocycles. The Bertz CT molecular complexity index is 1030. The zero-order chi connectivity index (χ0) is 21.3. The minimum Gasteiger partial charge on any atom is -0.373 e. The van der Waals surface area contributed by atoms with E-state index in [1.54, 1.807) is 30.0 Å². The molecule has 0 radical (unpaired) electrons. The quantitative estimate of drug-likeness (QED) is 0.779. The summed E-state index contributed by atoms with van der Waals surface area (Å²) in [6, 6.07) is 14.3. The molecule has 1 amide bonds. The lowest BCUT2D eigenvalue weighted by atomic mass is 10.0. The smallest absolute Gasteiger partial charge is 0.251 e. The number of ether oxygens (including phenoxy) is 1. The molecule has 3 unspecified atom stereocenters. The maximum Gasteiger partial charge on any atom is 0.251 e. The molecular formula is C22H26N2O4S2. The van der Waals surface area contributed by atoms with Crippen LogP contribution in [0.2, 0.25) is 0 Å². The Morgan fingerprint density at radius 2 is 1.83 bits per heavy atom. The van der Waals surface area contributed by atoms with Gasteiger partial charge in [0.15, 0.2) is 0 Å². The van der Waals surface area contributed by atoms with Crippen LogP contribution in [-0.4, -0.2) is 49.7 Å². The SMILES string of the molecule is CC1CN(S(=O)(=O)c2cccc(C(=O)NC3CCSc4ccccc43)c2)CC(C)O1. The number of nitrogens with one attached hydrogen (secondary N) is 1. The molecule has 2 aliphatic heterocycles. The van der Waals surface area contributed by atoms with Gasteiger partial charge in [-0.25, -0.2) is 8.42 Å². The molecule has 2 aromatic rings. The molecule has 0 aromatic heterocycles. The van der Waals surface area contributed by atoms with Crippen molar-refractivity contribution in [2.24, 2.45) is 0 Å². The minimum atomic E-state index is -3.70. The number of hydrogen-bond donors (Lipinski definition) is 1. The lowest BCUT2D eigenvalue weighted by Gasteiger charge is -2.34. The molecule has 4 rings (SSSR count). The zero-order valence-corrected chi connectivity index (χ0v) is 18.7. The average molecular weight is 447 g/mol. The van der Waals surface area contributed by atoms with E-state index in [1.807, 2.05) is 32.0 Å². The van der Waals surface area contributed by atoms with Crippen LogP contribution >= 0.6 is 11.8 Å². The Hall–Kier alpha value is -1.87. The van der Waals surface area contributed by atoms with E-state index in [9.17, 15) is 13.2 Å². The molecule has 1 N–H and O–H groups in total. The third-order valence-electron chi connectivity index (χ3n) is 5.38. The highest BCUT2D eigenvalue weighted by Crippen LogP contribution is 2.36. The zero-order valence-electron chi connectivity index (χ0n) is 17.1. The number of morpholine rings is 1. The first kappa shape index (κ1) is 21.4. The van der Waals surface area contributed by atoms with Crippen molar-refractivity contribution >= 4 is 27.7 Å². The topological polar surface area (TPSA) is 75.7 Å². The lowest BCUT2D eigenvalue weighted by Crippen LogP contribution is -2.48. The van der Waals surface area contributed by atoms with Crippen molar-refractivity contribution < 1.29 is 17.9 Å². The second-order valence-electron chi connectivity index (χ2n) is 7.81. The van der Waals surface area contributed by atoms with Crippen molar-refractivity contribution in [3.63, 3.8) is 0 Å². The van der Waals surface area contributed by atoms with Crippen molar-refractivity contribution in [1.29, 1.82) is 0 Å². The van der Waals surface area contributed by atoms with Gasteiger partial charge in [0.1, 0.15) is 0 Å². The number of carbonyl (C=O) groups is 1. The fourth-order valence-corrected chi connectivity index (χ4v) is 6.77. The van der Waals surface area contributed by atoms with Gasteiger partial charge in [-0.1, -0.05) is 24.3 Å². The summed E-state index contributed by atoms with van der Waals surface area (Å²) in [5.74, 6) is 0.673. The summed E-state index contributed by atoms with van der Waals surface area (Å²) in [5, 5.41) is 3.08. The van der Waals surface area contributed by atoms with Crippen LogP contribution in [0.3, 0.4) is 0 Å². The van der Waals surface area contributed by atoms with Crippen LogP contribution in [0.4, 0.5) is 0 Å². The molecule has 1 fully saturated rings. The number of rotatable bonds is 4. The third kappa shape index (κ3) is 4.42. The van der Waals surface area contributed by atoms with Crippen LogP contribution in [0.5, 0.6) is 0 Å². The number of carbonyl (C=O) groups excluding carboxylic acids is 1. The number of hydrogen-bond acceptors (Lipinski definition) is 5. The molecule has 3 atom stereocenters. The van der Waals surface area contributed by atoms with Gasteiger partial charge in [-0.2, -0.15) is 4.31 Å². The predicted octanol–water partition coefficient (Wildman–Crippen LogP) is 3.45. The Labute approximate surface area is 182 Å². The maximum atomic E-state index is 13.1. The summed E-state index contributed by atoms with van der Waals surface area (Å²) in [5.41, 5.74) is 1.46. The van der Waals surface area contributed by atoms with Crippen LogP contribution in [0, 0.1) is 0 Å². The summed E-state index contributed by atoms with van der Waals surface area (Å²) in [7, 11) is -3.70. The predicted molar refractivity (Wildman–Crippen MR) is 117 cm³/mol. The molecule has 6 nitrogen and oxygen atoms in total. The number of thioether (sulfide) groups is 1. The molecule has 0 aliphatic carbocycles. The highest BCUT2D eigenvalue weighted by atomic mass is 32.2. The van der Waals surface area contributed by atoms with Crippen LogP contribution in [0.15, 0.2) is 58.3 Å².